The number of anilines is 1. The fourth-order valence-corrected chi connectivity index (χ4v) is 4.34. The highest BCUT2D eigenvalue weighted by molar-refractivity contribution is 7.98. The monoisotopic (exact) mass is 443 g/mol. The molecule has 5 rings (SSSR count). The van der Waals surface area contributed by atoms with Crippen molar-refractivity contribution in [2.45, 2.75) is 18.2 Å². The topological polar surface area (TPSA) is 88.4 Å². The molecule has 8 nitrogen and oxygen atoms in total. The minimum atomic E-state index is -0.686. The summed E-state index contributed by atoms with van der Waals surface area (Å²) in [5.74, 6) is 1.01. The maximum atomic E-state index is 13.0. The van der Waals surface area contributed by atoms with E-state index in [9.17, 15) is 9.59 Å². The molecule has 0 fully saturated rings. The molecular formula is C20H16ClN4O4S+. The van der Waals surface area contributed by atoms with Gasteiger partial charge in [-0.15, -0.1) is 0 Å². The number of benzene rings is 2. The second-order valence-electron chi connectivity index (χ2n) is 6.79. The van der Waals surface area contributed by atoms with Gasteiger partial charge in [0.1, 0.15) is 0 Å². The van der Waals surface area contributed by atoms with E-state index in [0.717, 1.165) is 5.56 Å². The largest absolute Gasteiger partial charge is 0.454 e. The van der Waals surface area contributed by atoms with Gasteiger partial charge >= 0.3 is 11.3 Å². The summed E-state index contributed by atoms with van der Waals surface area (Å²) < 4.78 is 12.5. The summed E-state index contributed by atoms with van der Waals surface area (Å²) in [6.07, 6.45) is 1.13. The molecule has 30 heavy (non-hydrogen) atoms. The van der Waals surface area contributed by atoms with Crippen molar-refractivity contribution in [1.29, 1.82) is 0 Å². The van der Waals surface area contributed by atoms with E-state index in [1.807, 2.05) is 18.4 Å². The minimum absolute atomic E-state index is 0.138. The van der Waals surface area contributed by atoms with Gasteiger partial charge in [-0.1, -0.05) is 23.4 Å². The lowest BCUT2D eigenvalue weighted by Gasteiger charge is -2.31. The Morgan fingerprint density at radius 2 is 2.07 bits per heavy atom. The number of thioether (sulfide) groups is 1. The number of carbonyl (C=O) groups excluding carboxylic acids is 1. The van der Waals surface area contributed by atoms with Crippen molar-refractivity contribution in [1.82, 2.24) is 10.1 Å². The third-order valence-electron chi connectivity index (χ3n) is 5.04. The molecule has 0 saturated carbocycles. The number of amides is 1. The summed E-state index contributed by atoms with van der Waals surface area (Å²) >= 11 is 7.52. The molecule has 0 radical (unpaired) electrons. The van der Waals surface area contributed by atoms with Crippen molar-refractivity contribution in [3.05, 3.63) is 57.3 Å². The average molecular weight is 444 g/mol. The lowest BCUT2D eigenvalue weighted by atomic mass is 10.0. The van der Waals surface area contributed by atoms with Crippen LogP contribution in [0.1, 0.15) is 18.7 Å². The fraction of sp³-hybridized carbons (Fsp3) is 0.200. The number of aromatic nitrogens is 3. The molecule has 152 valence electrons. The Kier molecular flexibility index (Phi) is 4.44. The van der Waals surface area contributed by atoms with Gasteiger partial charge in [0.25, 0.3) is 6.17 Å². The van der Waals surface area contributed by atoms with Crippen molar-refractivity contribution in [2.75, 3.05) is 17.9 Å². The van der Waals surface area contributed by atoms with Gasteiger partial charge in [0.2, 0.25) is 17.9 Å². The second kappa shape index (κ2) is 7.03. The predicted octanol–water partition coefficient (Wildman–Crippen LogP) is 2.74. The van der Waals surface area contributed by atoms with E-state index < -0.39 is 6.17 Å². The van der Waals surface area contributed by atoms with E-state index in [-0.39, 0.29) is 18.3 Å². The molecule has 2 aromatic carbocycles. The SMILES string of the molecule is CSc1n[n+]2c(c(=O)[nH]1)-c1cc(Cl)ccc1N(C(C)=O)C2c1ccc2c(c1)OCO2. The second-order valence-corrected chi connectivity index (χ2v) is 8.02. The molecule has 1 unspecified atom stereocenters. The number of H-pyrrole nitrogens is 1. The van der Waals surface area contributed by atoms with Crippen LogP contribution >= 0.6 is 23.4 Å². The molecular weight excluding hydrogens is 428 g/mol. The lowest BCUT2D eigenvalue weighted by Crippen LogP contribution is -2.60. The zero-order chi connectivity index (χ0) is 21.0. The summed E-state index contributed by atoms with van der Waals surface area (Å²) in [4.78, 5) is 30.2. The maximum Gasteiger partial charge on any atom is 0.325 e. The molecule has 1 amide bonds. The Morgan fingerprint density at radius 1 is 1.27 bits per heavy atom. The van der Waals surface area contributed by atoms with Crippen molar-refractivity contribution < 1.29 is 19.0 Å². The van der Waals surface area contributed by atoms with Gasteiger partial charge < -0.3 is 9.47 Å². The van der Waals surface area contributed by atoms with E-state index in [0.29, 0.717) is 38.6 Å². The molecule has 1 aromatic heterocycles. The van der Waals surface area contributed by atoms with Gasteiger partial charge in [0.05, 0.1) is 11.3 Å². The average Bonchev–Trinajstić information content (AvgIpc) is 3.19. The third-order valence-corrected chi connectivity index (χ3v) is 5.85. The first kappa shape index (κ1) is 19.0. The standard InChI is InChI=1S/C20H15ClN4O4S/c1-10(26)24-14-5-4-12(21)8-13(14)17-18(27)22-20(30-2)23-25(17)19(24)11-3-6-15-16(7-11)29-9-28-15/h3-8,19H,9H2,1-2H3/p+1. The maximum absolute atomic E-state index is 13.0. The number of rotatable bonds is 2. The number of hydrogen-bond donors (Lipinski definition) is 1. The number of aromatic amines is 1. The van der Waals surface area contributed by atoms with Crippen molar-refractivity contribution in [3.8, 4) is 22.8 Å². The highest BCUT2D eigenvalue weighted by Gasteiger charge is 2.45. The quantitative estimate of drug-likeness (QED) is 0.484. The van der Waals surface area contributed by atoms with E-state index in [2.05, 4.69) is 10.1 Å². The van der Waals surface area contributed by atoms with Crippen molar-refractivity contribution in [2.24, 2.45) is 0 Å². The molecule has 1 N–H and O–H groups in total. The summed E-state index contributed by atoms with van der Waals surface area (Å²) in [6.45, 7) is 1.62. The first-order valence-corrected chi connectivity index (χ1v) is 10.7. The molecule has 10 heteroatoms. The van der Waals surface area contributed by atoms with Crippen LogP contribution in [0.4, 0.5) is 5.69 Å². The smallest absolute Gasteiger partial charge is 0.325 e. The normalized spacial score (nSPS) is 16.2. The number of nitrogens with zero attached hydrogens (tertiary/aromatic N) is 3. The number of hydrogen-bond acceptors (Lipinski definition) is 6. The Balaban J connectivity index is 1.84. The zero-order valence-electron chi connectivity index (χ0n) is 16.0. The summed E-state index contributed by atoms with van der Waals surface area (Å²) in [6, 6.07) is 10.5. The first-order chi connectivity index (χ1) is 14.5. The van der Waals surface area contributed by atoms with E-state index in [1.165, 1.54) is 18.7 Å². The molecule has 1 atom stereocenters. The number of carbonyl (C=O) groups is 1. The molecule has 0 bridgehead atoms. The Bertz CT molecular complexity index is 1260. The zero-order valence-corrected chi connectivity index (χ0v) is 17.6. The van der Waals surface area contributed by atoms with Crippen molar-refractivity contribution >= 4 is 35.0 Å². The van der Waals surface area contributed by atoms with Gasteiger partial charge in [-0.2, -0.15) is 0 Å². The highest BCUT2D eigenvalue weighted by atomic mass is 35.5. The summed E-state index contributed by atoms with van der Waals surface area (Å²) in [5.41, 5.74) is 1.86. The molecule has 3 heterocycles. The van der Waals surface area contributed by atoms with Gasteiger partial charge in [0, 0.05) is 22.6 Å². The van der Waals surface area contributed by atoms with Crippen LogP contribution in [0.25, 0.3) is 11.3 Å². The molecule has 0 spiro atoms. The van der Waals surface area contributed by atoms with Gasteiger partial charge in [-0.3, -0.25) is 14.6 Å². The van der Waals surface area contributed by atoms with E-state index >= 15 is 0 Å². The van der Waals surface area contributed by atoms with Gasteiger partial charge in [-0.25, -0.2) is 4.90 Å². The fourth-order valence-electron chi connectivity index (χ4n) is 3.80. The Hall–Kier alpha value is -3.04. The van der Waals surface area contributed by atoms with Crippen LogP contribution in [-0.4, -0.2) is 29.0 Å². The van der Waals surface area contributed by atoms with E-state index in [1.54, 1.807) is 33.8 Å². The van der Waals surface area contributed by atoms with E-state index in [4.69, 9.17) is 21.1 Å². The lowest BCUT2D eigenvalue weighted by molar-refractivity contribution is -0.763. The molecule has 2 aliphatic rings. The number of halogens is 1. The number of nitrogens with one attached hydrogen (secondary N) is 1. The predicted molar refractivity (Wildman–Crippen MR) is 111 cm³/mol. The first-order valence-electron chi connectivity index (χ1n) is 9.07. The van der Waals surface area contributed by atoms with Crippen LogP contribution in [0.5, 0.6) is 11.5 Å². The van der Waals surface area contributed by atoms with Gasteiger partial charge in [0.15, 0.2) is 11.5 Å². The van der Waals surface area contributed by atoms with Crippen LogP contribution in [0, 0.1) is 0 Å². The molecule has 3 aromatic rings. The van der Waals surface area contributed by atoms with Crippen LogP contribution < -0.4 is 24.6 Å². The Morgan fingerprint density at radius 3 is 2.83 bits per heavy atom. The van der Waals surface area contributed by atoms with Crippen LogP contribution in [-0.2, 0) is 4.79 Å². The van der Waals surface area contributed by atoms with Crippen molar-refractivity contribution in [3.63, 3.8) is 0 Å². The highest BCUT2D eigenvalue weighted by Crippen LogP contribution is 2.41. The summed E-state index contributed by atoms with van der Waals surface area (Å²) in [5, 5.41) is 5.51. The summed E-state index contributed by atoms with van der Waals surface area (Å²) in [7, 11) is 0. The van der Waals surface area contributed by atoms with Gasteiger partial charge in [-0.05, 0) is 47.3 Å². The molecule has 2 aliphatic heterocycles. The van der Waals surface area contributed by atoms with Crippen LogP contribution in [0.3, 0.4) is 0 Å². The Labute approximate surface area is 180 Å². The number of fused-ring (bicyclic) bond motifs is 4. The van der Waals surface area contributed by atoms with Crippen LogP contribution in [0.2, 0.25) is 5.02 Å². The number of ether oxygens (including phenoxy) is 2. The third kappa shape index (κ3) is 2.85. The minimum Gasteiger partial charge on any atom is -0.454 e. The molecule has 0 aliphatic carbocycles. The molecule has 0 saturated heterocycles. The van der Waals surface area contributed by atoms with Crippen LogP contribution in [0.15, 0.2) is 46.3 Å².